The third-order valence-electron chi connectivity index (χ3n) is 3.03. The van der Waals surface area contributed by atoms with E-state index in [-0.39, 0.29) is 6.04 Å². The molecular formula is C15H11BrClNO. The van der Waals surface area contributed by atoms with Gasteiger partial charge in [-0.25, -0.2) is 0 Å². The van der Waals surface area contributed by atoms with Gasteiger partial charge in [0.15, 0.2) is 0 Å². The number of rotatable bonds is 2. The number of hydrogen-bond acceptors (Lipinski definition) is 2. The largest absolute Gasteiger partial charge is 0.459 e. The molecule has 0 aliphatic rings. The summed E-state index contributed by atoms with van der Waals surface area (Å²) in [6.07, 6.45) is 0. The van der Waals surface area contributed by atoms with Gasteiger partial charge in [-0.1, -0.05) is 39.7 Å². The molecule has 4 heteroatoms. The zero-order valence-corrected chi connectivity index (χ0v) is 12.3. The van der Waals surface area contributed by atoms with Gasteiger partial charge in [-0.05, 0) is 42.0 Å². The van der Waals surface area contributed by atoms with Crippen molar-refractivity contribution < 1.29 is 4.42 Å². The molecule has 96 valence electrons. The van der Waals surface area contributed by atoms with E-state index >= 15 is 0 Å². The molecule has 1 heterocycles. The highest BCUT2D eigenvalue weighted by atomic mass is 79.9. The Morgan fingerprint density at radius 3 is 2.53 bits per heavy atom. The number of fused-ring (bicyclic) bond motifs is 1. The van der Waals surface area contributed by atoms with Crippen molar-refractivity contribution in [2.75, 3.05) is 0 Å². The summed E-state index contributed by atoms with van der Waals surface area (Å²) in [5.74, 6) is 0.736. The van der Waals surface area contributed by atoms with Crippen molar-refractivity contribution >= 4 is 38.5 Å². The lowest BCUT2D eigenvalue weighted by molar-refractivity contribution is 0.525. The SMILES string of the molecule is NC(c1ccc(Br)cc1)c1cc2cc(Cl)ccc2o1. The third kappa shape index (κ3) is 2.54. The summed E-state index contributed by atoms with van der Waals surface area (Å²) in [5.41, 5.74) is 8.03. The van der Waals surface area contributed by atoms with E-state index in [0.717, 1.165) is 26.8 Å². The fraction of sp³-hybridized carbons (Fsp3) is 0.0667. The van der Waals surface area contributed by atoms with Crippen LogP contribution in [0.4, 0.5) is 0 Å². The first kappa shape index (κ1) is 12.7. The van der Waals surface area contributed by atoms with E-state index in [2.05, 4.69) is 15.9 Å². The second kappa shape index (κ2) is 5.00. The van der Waals surface area contributed by atoms with Gasteiger partial charge in [0.2, 0.25) is 0 Å². The van der Waals surface area contributed by atoms with Gasteiger partial charge in [-0.3, -0.25) is 0 Å². The third-order valence-corrected chi connectivity index (χ3v) is 3.80. The van der Waals surface area contributed by atoms with Gasteiger partial charge in [0, 0.05) is 14.9 Å². The molecule has 0 spiro atoms. The number of benzene rings is 2. The smallest absolute Gasteiger partial charge is 0.134 e. The maximum absolute atomic E-state index is 6.23. The van der Waals surface area contributed by atoms with Crippen LogP contribution in [-0.2, 0) is 0 Å². The maximum atomic E-state index is 6.23. The van der Waals surface area contributed by atoms with E-state index in [9.17, 15) is 0 Å². The van der Waals surface area contributed by atoms with Gasteiger partial charge < -0.3 is 10.2 Å². The molecule has 1 aromatic heterocycles. The zero-order valence-electron chi connectivity index (χ0n) is 9.94. The summed E-state index contributed by atoms with van der Waals surface area (Å²) >= 11 is 9.37. The van der Waals surface area contributed by atoms with Crippen LogP contribution in [0.3, 0.4) is 0 Å². The Balaban J connectivity index is 2.01. The number of furan rings is 1. The predicted octanol–water partition coefficient (Wildman–Crippen LogP) is 4.90. The molecule has 0 aliphatic carbocycles. The first-order valence-corrected chi connectivity index (χ1v) is 7.00. The molecule has 0 aliphatic heterocycles. The van der Waals surface area contributed by atoms with Crippen LogP contribution in [0.15, 0.2) is 57.4 Å². The average Bonchev–Trinajstić information content (AvgIpc) is 2.81. The van der Waals surface area contributed by atoms with Crippen LogP contribution in [-0.4, -0.2) is 0 Å². The summed E-state index contributed by atoms with van der Waals surface area (Å²) in [6, 6.07) is 15.1. The van der Waals surface area contributed by atoms with Crippen molar-refractivity contribution in [2.45, 2.75) is 6.04 Å². The molecule has 2 nitrogen and oxygen atoms in total. The molecule has 0 amide bonds. The van der Waals surface area contributed by atoms with Crippen molar-refractivity contribution in [3.63, 3.8) is 0 Å². The van der Waals surface area contributed by atoms with E-state index in [1.165, 1.54) is 0 Å². The molecule has 0 fully saturated rings. The standard InChI is InChI=1S/C15H11BrClNO/c16-11-3-1-9(2-4-11)15(18)14-8-10-7-12(17)5-6-13(10)19-14/h1-8,15H,18H2. The molecule has 0 bridgehead atoms. The van der Waals surface area contributed by atoms with Crippen LogP contribution in [0.5, 0.6) is 0 Å². The molecule has 1 atom stereocenters. The number of hydrogen-bond donors (Lipinski definition) is 1. The Morgan fingerprint density at radius 2 is 1.79 bits per heavy atom. The molecule has 0 radical (unpaired) electrons. The van der Waals surface area contributed by atoms with Gasteiger partial charge in [0.05, 0.1) is 6.04 Å². The Hall–Kier alpha value is -1.29. The van der Waals surface area contributed by atoms with Gasteiger partial charge in [0.1, 0.15) is 11.3 Å². The van der Waals surface area contributed by atoms with Gasteiger partial charge in [0.25, 0.3) is 0 Å². The second-order valence-electron chi connectivity index (χ2n) is 4.36. The fourth-order valence-corrected chi connectivity index (χ4v) is 2.47. The van der Waals surface area contributed by atoms with Crippen LogP contribution in [0.2, 0.25) is 5.02 Å². The summed E-state index contributed by atoms with van der Waals surface area (Å²) in [4.78, 5) is 0. The highest BCUT2D eigenvalue weighted by molar-refractivity contribution is 9.10. The lowest BCUT2D eigenvalue weighted by Gasteiger charge is -2.08. The molecule has 3 rings (SSSR count). The molecule has 2 N–H and O–H groups in total. The minimum atomic E-state index is -0.278. The minimum Gasteiger partial charge on any atom is -0.459 e. The molecule has 19 heavy (non-hydrogen) atoms. The Bertz CT molecular complexity index is 721. The van der Waals surface area contributed by atoms with Crippen LogP contribution in [0.25, 0.3) is 11.0 Å². The Kier molecular flexibility index (Phi) is 3.35. The van der Waals surface area contributed by atoms with Crippen molar-refractivity contribution in [2.24, 2.45) is 5.73 Å². The van der Waals surface area contributed by atoms with E-state index in [4.69, 9.17) is 21.8 Å². The Labute approximate surface area is 124 Å². The van der Waals surface area contributed by atoms with E-state index < -0.39 is 0 Å². The van der Waals surface area contributed by atoms with E-state index in [1.807, 2.05) is 48.5 Å². The average molecular weight is 337 g/mol. The van der Waals surface area contributed by atoms with Crippen LogP contribution < -0.4 is 5.73 Å². The topological polar surface area (TPSA) is 39.2 Å². The van der Waals surface area contributed by atoms with Crippen molar-refractivity contribution in [3.8, 4) is 0 Å². The summed E-state index contributed by atoms with van der Waals surface area (Å²) < 4.78 is 6.80. The number of nitrogens with two attached hydrogens (primary N) is 1. The van der Waals surface area contributed by atoms with Gasteiger partial charge >= 0.3 is 0 Å². The summed E-state index contributed by atoms with van der Waals surface area (Å²) in [5, 5.41) is 1.66. The zero-order chi connectivity index (χ0) is 13.4. The lowest BCUT2D eigenvalue weighted by Crippen LogP contribution is -2.10. The fourth-order valence-electron chi connectivity index (χ4n) is 2.02. The highest BCUT2D eigenvalue weighted by Gasteiger charge is 2.14. The molecule has 1 unspecified atom stereocenters. The molecular weight excluding hydrogens is 326 g/mol. The first-order valence-electron chi connectivity index (χ1n) is 5.83. The maximum Gasteiger partial charge on any atom is 0.134 e. The van der Waals surface area contributed by atoms with Crippen LogP contribution in [0, 0.1) is 0 Å². The molecule has 3 aromatic rings. The molecule has 0 saturated heterocycles. The van der Waals surface area contributed by atoms with Crippen molar-refractivity contribution in [3.05, 3.63) is 69.3 Å². The second-order valence-corrected chi connectivity index (χ2v) is 5.71. The minimum absolute atomic E-state index is 0.278. The quantitative estimate of drug-likeness (QED) is 0.723. The van der Waals surface area contributed by atoms with Gasteiger partial charge in [-0.15, -0.1) is 0 Å². The monoisotopic (exact) mass is 335 g/mol. The predicted molar refractivity (Wildman–Crippen MR) is 81.4 cm³/mol. The molecule has 0 saturated carbocycles. The molecule has 2 aromatic carbocycles. The van der Waals surface area contributed by atoms with E-state index in [0.29, 0.717) is 5.02 Å². The van der Waals surface area contributed by atoms with Crippen LogP contribution >= 0.6 is 27.5 Å². The van der Waals surface area contributed by atoms with E-state index in [1.54, 1.807) is 0 Å². The van der Waals surface area contributed by atoms with Crippen LogP contribution in [0.1, 0.15) is 17.4 Å². The highest BCUT2D eigenvalue weighted by Crippen LogP contribution is 2.28. The summed E-state index contributed by atoms with van der Waals surface area (Å²) in [6.45, 7) is 0. The van der Waals surface area contributed by atoms with Crippen molar-refractivity contribution in [1.82, 2.24) is 0 Å². The van der Waals surface area contributed by atoms with Gasteiger partial charge in [-0.2, -0.15) is 0 Å². The first-order chi connectivity index (χ1) is 9.13. The Morgan fingerprint density at radius 1 is 1.05 bits per heavy atom. The summed E-state index contributed by atoms with van der Waals surface area (Å²) in [7, 11) is 0. The normalized spacial score (nSPS) is 12.8. The van der Waals surface area contributed by atoms with Crippen molar-refractivity contribution in [1.29, 1.82) is 0 Å². The number of halogens is 2. The lowest BCUT2D eigenvalue weighted by atomic mass is 10.1.